The van der Waals surface area contributed by atoms with Crippen molar-refractivity contribution in [2.24, 2.45) is 0 Å². The third-order valence-electron chi connectivity index (χ3n) is 4.09. The predicted molar refractivity (Wildman–Crippen MR) is 95.7 cm³/mol. The summed E-state index contributed by atoms with van der Waals surface area (Å²) in [5.41, 5.74) is 1.52. The fourth-order valence-corrected chi connectivity index (χ4v) is 2.67. The maximum atomic E-state index is 12.0. The van der Waals surface area contributed by atoms with E-state index in [1.54, 1.807) is 41.5 Å². The zero-order valence-electron chi connectivity index (χ0n) is 14.2. The summed E-state index contributed by atoms with van der Waals surface area (Å²) >= 11 is 0. The van der Waals surface area contributed by atoms with Gasteiger partial charge in [-0.3, -0.25) is 4.90 Å². The average molecular weight is 342 g/mol. The number of carbonyl (C=O) groups is 2. The second kappa shape index (κ2) is 7.69. The van der Waals surface area contributed by atoms with E-state index in [2.05, 4.69) is 15.6 Å². The first-order valence-corrected chi connectivity index (χ1v) is 8.27. The summed E-state index contributed by atoms with van der Waals surface area (Å²) in [5, 5.41) is 5.61. The van der Waals surface area contributed by atoms with E-state index in [0.29, 0.717) is 18.8 Å². The molecular weight excluding hydrogens is 320 g/mol. The van der Waals surface area contributed by atoms with Crippen LogP contribution in [0.2, 0.25) is 0 Å². The Morgan fingerprint density at radius 2 is 2.04 bits per heavy atom. The fourth-order valence-electron chi connectivity index (χ4n) is 2.67. The van der Waals surface area contributed by atoms with Crippen LogP contribution in [0.3, 0.4) is 0 Å². The number of anilines is 2. The molecule has 0 saturated carbocycles. The van der Waals surface area contributed by atoms with Gasteiger partial charge in [0.1, 0.15) is 0 Å². The second-order valence-corrected chi connectivity index (χ2v) is 5.94. The molecule has 0 unspecified atom stereocenters. The highest BCUT2D eigenvalue weighted by molar-refractivity contribution is 5.94. The number of likely N-dealkylation sites (N-methyl/N-ethyl adjacent to an activating group) is 1. The first-order valence-electron chi connectivity index (χ1n) is 8.27. The minimum atomic E-state index is -0.240. The summed E-state index contributed by atoms with van der Waals surface area (Å²) in [4.78, 5) is 31.2. The number of hydrogen-bond donors (Lipinski definition) is 2. The molecule has 0 radical (unpaired) electrons. The Hall–Kier alpha value is -3.03. The SMILES string of the molecule is CN1CCN(c2ccc(NC(=O)NCCCn3ccnc3)cc2)C1=O. The molecule has 1 aromatic heterocycles. The van der Waals surface area contributed by atoms with Crippen LogP contribution in [0.15, 0.2) is 43.0 Å². The molecule has 2 heterocycles. The maximum Gasteiger partial charge on any atom is 0.324 e. The van der Waals surface area contributed by atoms with Crippen molar-refractivity contribution in [1.29, 1.82) is 0 Å². The molecular formula is C17H22N6O2. The second-order valence-electron chi connectivity index (χ2n) is 5.94. The van der Waals surface area contributed by atoms with E-state index in [0.717, 1.165) is 25.2 Å². The van der Waals surface area contributed by atoms with Crippen LogP contribution in [0.4, 0.5) is 21.0 Å². The van der Waals surface area contributed by atoms with E-state index in [-0.39, 0.29) is 12.1 Å². The Morgan fingerprint density at radius 1 is 1.24 bits per heavy atom. The molecule has 0 aliphatic carbocycles. The number of urea groups is 2. The van der Waals surface area contributed by atoms with Gasteiger partial charge in [0, 0.05) is 57.0 Å². The number of rotatable bonds is 6. The zero-order valence-corrected chi connectivity index (χ0v) is 14.2. The van der Waals surface area contributed by atoms with Crippen LogP contribution in [0.1, 0.15) is 6.42 Å². The number of amides is 4. The van der Waals surface area contributed by atoms with Gasteiger partial charge in [-0.15, -0.1) is 0 Å². The van der Waals surface area contributed by atoms with Crippen molar-refractivity contribution in [3.05, 3.63) is 43.0 Å². The van der Waals surface area contributed by atoms with Crippen LogP contribution in [0.25, 0.3) is 0 Å². The summed E-state index contributed by atoms with van der Waals surface area (Å²) in [5.74, 6) is 0. The van der Waals surface area contributed by atoms with Gasteiger partial charge in [0.2, 0.25) is 0 Å². The highest BCUT2D eigenvalue weighted by Crippen LogP contribution is 2.21. The van der Waals surface area contributed by atoms with Crippen LogP contribution in [-0.4, -0.2) is 53.2 Å². The van der Waals surface area contributed by atoms with Crippen molar-refractivity contribution >= 4 is 23.4 Å². The van der Waals surface area contributed by atoms with Gasteiger partial charge >= 0.3 is 12.1 Å². The number of nitrogens with zero attached hydrogens (tertiary/aromatic N) is 4. The molecule has 2 aromatic rings. The highest BCUT2D eigenvalue weighted by Gasteiger charge is 2.26. The first kappa shape index (κ1) is 16.8. The summed E-state index contributed by atoms with van der Waals surface area (Å²) in [6, 6.07) is 7.03. The Balaban J connectivity index is 1.43. The molecule has 8 nitrogen and oxygen atoms in total. The van der Waals surface area contributed by atoms with Crippen molar-refractivity contribution in [2.45, 2.75) is 13.0 Å². The van der Waals surface area contributed by atoms with Crippen molar-refractivity contribution in [1.82, 2.24) is 19.8 Å². The number of nitrogens with one attached hydrogen (secondary N) is 2. The standard InChI is InChI=1S/C17H22N6O2/c1-21-11-12-23(17(21)25)15-5-3-14(4-6-15)20-16(24)19-7-2-9-22-10-8-18-13-22/h3-6,8,10,13H,2,7,9,11-12H2,1H3,(H2,19,20,24). The average Bonchev–Trinajstić information content (AvgIpc) is 3.24. The molecule has 25 heavy (non-hydrogen) atoms. The van der Waals surface area contributed by atoms with Crippen LogP contribution in [-0.2, 0) is 6.54 Å². The summed E-state index contributed by atoms with van der Waals surface area (Å²) < 4.78 is 1.97. The van der Waals surface area contributed by atoms with Crippen molar-refractivity contribution in [2.75, 3.05) is 36.9 Å². The molecule has 1 saturated heterocycles. The quantitative estimate of drug-likeness (QED) is 0.788. The predicted octanol–water partition coefficient (Wildman–Crippen LogP) is 1.97. The zero-order chi connectivity index (χ0) is 17.6. The molecule has 1 fully saturated rings. The molecule has 2 N–H and O–H groups in total. The van der Waals surface area contributed by atoms with E-state index in [4.69, 9.17) is 0 Å². The Labute approximate surface area is 146 Å². The molecule has 3 rings (SSSR count). The van der Waals surface area contributed by atoms with Crippen molar-refractivity contribution < 1.29 is 9.59 Å². The topological polar surface area (TPSA) is 82.5 Å². The van der Waals surface area contributed by atoms with Crippen LogP contribution >= 0.6 is 0 Å². The number of aromatic nitrogens is 2. The lowest BCUT2D eigenvalue weighted by atomic mass is 10.2. The Kier molecular flexibility index (Phi) is 5.17. The number of imidazole rings is 1. The molecule has 8 heteroatoms. The van der Waals surface area contributed by atoms with Gasteiger partial charge < -0.3 is 20.1 Å². The van der Waals surface area contributed by atoms with Crippen molar-refractivity contribution in [3.63, 3.8) is 0 Å². The van der Waals surface area contributed by atoms with Gasteiger partial charge in [-0.05, 0) is 30.7 Å². The third kappa shape index (κ3) is 4.28. The molecule has 0 spiro atoms. The van der Waals surface area contributed by atoms with Gasteiger partial charge in [-0.2, -0.15) is 0 Å². The normalized spacial score (nSPS) is 14.0. The maximum absolute atomic E-state index is 12.0. The summed E-state index contributed by atoms with van der Waals surface area (Å²) in [6.45, 7) is 2.80. The molecule has 1 aliphatic rings. The molecule has 0 bridgehead atoms. The Morgan fingerprint density at radius 3 is 2.68 bits per heavy atom. The van der Waals surface area contributed by atoms with Gasteiger partial charge in [0.15, 0.2) is 0 Å². The Bertz CT molecular complexity index is 713. The van der Waals surface area contributed by atoms with Crippen LogP contribution in [0, 0.1) is 0 Å². The summed E-state index contributed by atoms with van der Waals surface area (Å²) in [7, 11) is 1.79. The van der Waals surface area contributed by atoms with E-state index < -0.39 is 0 Å². The van der Waals surface area contributed by atoms with Crippen LogP contribution < -0.4 is 15.5 Å². The van der Waals surface area contributed by atoms with Gasteiger partial charge in [-0.25, -0.2) is 14.6 Å². The van der Waals surface area contributed by atoms with E-state index in [1.807, 2.05) is 22.9 Å². The van der Waals surface area contributed by atoms with Gasteiger partial charge in [0.05, 0.1) is 6.33 Å². The number of hydrogen-bond acceptors (Lipinski definition) is 3. The van der Waals surface area contributed by atoms with Gasteiger partial charge in [0.25, 0.3) is 0 Å². The molecule has 0 atom stereocenters. The largest absolute Gasteiger partial charge is 0.338 e. The lowest BCUT2D eigenvalue weighted by molar-refractivity contribution is 0.229. The van der Waals surface area contributed by atoms with Crippen molar-refractivity contribution in [3.8, 4) is 0 Å². The summed E-state index contributed by atoms with van der Waals surface area (Å²) in [6.07, 6.45) is 6.21. The number of aryl methyl sites for hydroxylation is 1. The smallest absolute Gasteiger partial charge is 0.324 e. The molecule has 1 aromatic carbocycles. The molecule has 4 amide bonds. The third-order valence-corrected chi connectivity index (χ3v) is 4.09. The van der Waals surface area contributed by atoms with E-state index >= 15 is 0 Å². The molecule has 1 aliphatic heterocycles. The lowest BCUT2D eigenvalue weighted by Crippen LogP contribution is -2.30. The first-order chi connectivity index (χ1) is 12.1. The van der Waals surface area contributed by atoms with E-state index in [1.165, 1.54) is 0 Å². The van der Waals surface area contributed by atoms with Crippen LogP contribution in [0.5, 0.6) is 0 Å². The lowest BCUT2D eigenvalue weighted by Gasteiger charge is -2.16. The number of benzene rings is 1. The minimum Gasteiger partial charge on any atom is -0.338 e. The number of carbonyl (C=O) groups excluding carboxylic acids is 2. The monoisotopic (exact) mass is 342 g/mol. The minimum absolute atomic E-state index is 0.00338. The fraction of sp³-hybridized carbons (Fsp3) is 0.353. The van der Waals surface area contributed by atoms with E-state index in [9.17, 15) is 9.59 Å². The molecule has 132 valence electrons. The highest BCUT2D eigenvalue weighted by atomic mass is 16.2. The van der Waals surface area contributed by atoms with Gasteiger partial charge in [-0.1, -0.05) is 0 Å².